The molecule has 2 aromatic carbocycles. The summed E-state index contributed by atoms with van der Waals surface area (Å²) in [4.78, 5) is 32.3. The summed E-state index contributed by atoms with van der Waals surface area (Å²) < 4.78 is 10.8. The lowest BCUT2D eigenvalue weighted by Gasteiger charge is -2.27. The summed E-state index contributed by atoms with van der Waals surface area (Å²) in [6.45, 7) is 11.0. The molecule has 0 saturated heterocycles. The Bertz CT molecular complexity index is 1270. The number of aryl methyl sites for hydroxylation is 3. The SMILES string of the molecule is C=CCN(CC(=O)N(CCc1ccc(OC)c(OC)c1)Cc1ccc(C)s1)C(=O)Nc1ccc(C)cc1C. The van der Waals surface area contributed by atoms with E-state index in [0.29, 0.717) is 31.0 Å². The number of nitrogens with one attached hydrogen (secondary N) is 1. The van der Waals surface area contributed by atoms with Crippen LogP contribution in [0.3, 0.4) is 0 Å². The molecule has 1 aromatic heterocycles. The molecule has 3 aromatic rings. The first-order chi connectivity index (χ1) is 18.2. The molecule has 202 valence electrons. The van der Waals surface area contributed by atoms with Crippen molar-refractivity contribution in [2.75, 3.05) is 39.2 Å². The maximum absolute atomic E-state index is 13.6. The molecule has 38 heavy (non-hydrogen) atoms. The number of rotatable bonds is 12. The molecule has 0 fully saturated rings. The Kier molecular flexibility index (Phi) is 10.4. The number of methoxy groups -OCH3 is 2. The maximum Gasteiger partial charge on any atom is 0.322 e. The lowest BCUT2D eigenvalue weighted by Crippen LogP contribution is -2.44. The number of anilines is 1. The normalized spacial score (nSPS) is 10.6. The molecule has 0 atom stereocenters. The van der Waals surface area contributed by atoms with Gasteiger partial charge in [-0.05, 0) is 68.7 Å². The second kappa shape index (κ2) is 13.7. The average molecular weight is 536 g/mol. The topological polar surface area (TPSA) is 71.1 Å². The number of urea groups is 1. The fourth-order valence-electron chi connectivity index (χ4n) is 4.14. The minimum atomic E-state index is -0.336. The highest BCUT2D eigenvalue weighted by atomic mass is 32.1. The van der Waals surface area contributed by atoms with Crippen molar-refractivity contribution in [1.29, 1.82) is 0 Å². The zero-order valence-electron chi connectivity index (χ0n) is 22.9. The number of amides is 3. The molecule has 1 N–H and O–H groups in total. The van der Waals surface area contributed by atoms with E-state index in [-0.39, 0.29) is 25.0 Å². The van der Waals surface area contributed by atoms with Crippen molar-refractivity contribution in [3.8, 4) is 11.5 Å². The van der Waals surface area contributed by atoms with Gasteiger partial charge in [-0.25, -0.2) is 4.79 Å². The maximum atomic E-state index is 13.6. The van der Waals surface area contributed by atoms with E-state index in [9.17, 15) is 9.59 Å². The van der Waals surface area contributed by atoms with Gasteiger partial charge in [0, 0.05) is 28.5 Å². The number of carbonyl (C=O) groups is 2. The van der Waals surface area contributed by atoms with E-state index in [4.69, 9.17) is 9.47 Å². The molecule has 3 rings (SSSR count). The van der Waals surface area contributed by atoms with Crippen molar-refractivity contribution in [2.24, 2.45) is 0 Å². The van der Waals surface area contributed by atoms with Crippen molar-refractivity contribution in [1.82, 2.24) is 9.80 Å². The standard InChI is InChI=1S/C30H37N3O4S/c1-7-15-33(30(35)31-26-12-8-21(2)17-22(26)3)20-29(34)32(19-25-11-9-23(4)38-25)16-14-24-10-13-27(36-5)28(18-24)37-6/h7-13,17-18H,1,14-16,19-20H2,2-6H3,(H,31,35). The van der Waals surface area contributed by atoms with Gasteiger partial charge in [0.15, 0.2) is 11.5 Å². The molecule has 0 bridgehead atoms. The van der Waals surface area contributed by atoms with E-state index in [0.717, 1.165) is 27.3 Å². The van der Waals surface area contributed by atoms with Gasteiger partial charge in [0.05, 0.1) is 20.8 Å². The summed E-state index contributed by atoms with van der Waals surface area (Å²) in [6, 6.07) is 15.4. The fourth-order valence-corrected chi connectivity index (χ4v) is 5.04. The first kappa shape index (κ1) is 28.8. The minimum absolute atomic E-state index is 0.0565. The number of hydrogen-bond donors (Lipinski definition) is 1. The van der Waals surface area contributed by atoms with E-state index in [2.05, 4.69) is 18.0 Å². The van der Waals surface area contributed by atoms with Crippen LogP contribution in [-0.4, -0.2) is 55.6 Å². The third-order valence-electron chi connectivity index (χ3n) is 6.20. The van der Waals surface area contributed by atoms with Gasteiger partial charge in [-0.15, -0.1) is 17.9 Å². The van der Waals surface area contributed by atoms with Crippen LogP contribution in [0, 0.1) is 20.8 Å². The van der Waals surface area contributed by atoms with Crippen LogP contribution in [0.5, 0.6) is 11.5 Å². The Labute approximate surface area is 229 Å². The number of thiophene rings is 1. The quantitative estimate of drug-likeness (QED) is 0.290. The van der Waals surface area contributed by atoms with Crippen LogP contribution in [0.2, 0.25) is 0 Å². The highest BCUT2D eigenvalue weighted by Gasteiger charge is 2.22. The number of nitrogens with zero attached hydrogens (tertiary/aromatic N) is 2. The summed E-state index contributed by atoms with van der Waals surface area (Å²) in [5.74, 6) is 1.18. The van der Waals surface area contributed by atoms with E-state index in [1.54, 1.807) is 31.6 Å². The van der Waals surface area contributed by atoms with Crippen LogP contribution >= 0.6 is 11.3 Å². The van der Waals surface area contributed by atoms with E-state index < -0.39 is 0 Å². The van der Waals surface area contributed by atoms with Gasteiger partial charge in [0.25, 0.3) is 0 Å². The first-order valence-electron chi connectivity index (χ1n) is 12.5. The molecule has 0 radical (unpaired) electrons. The Morgan fingerprint density at radius 1 is 0.974 bits per heavy atom. The number of ether oxygens (including phenoxy) is 2. The highest BCUT2D eigenvalue weighted by molar-refractivity contribution is 7.11. The van der Waals surface area contributed by atoms with Gasteiger partial charge in [0.2, 0.25) is 5.91 Å². The lowest BCUT2D eigenvalue weighted by molar-refractivity contribution is -0.132. The summed E-state index contributed by atoms with van der Waals surface area (Å²) in [6.07, 6.45) is 2.26. The van der Waals surface area contributed by atoms with Crippen LogP contribution in [0.25, 0.3) is 0 Å². The van der Waals surface area contributed by atoms with Gasteiger partial charge in [0.1, 0.15) is 6.54 Å². The molecule has 0 aliphatic carbocycles. The van der Waals surface area contributed by atoms with Crippen LogP contribution < -0.4 is 14.8 Å². The summed E-state index contributed by atoms with van der Waals surface area (Å²) in [7, 11) is 3.21. The molecule has 0 aliphatic heterocycles. The lowest BCUT2D eigenvalue weighted by atomic mass is 10.1. The predicted molar refractivity (Wildman–Crippen MR) is 154 cm³/mol. The number of benzene rings is 2. The van der Waals surface area contributed by atoms with Crippen molar-refractivity contribution >= 4 is 29.0 Å². The zero-order valence-corrected chi connectivity index (χ0v) is 23.7. The highest BCUT2D eigenvalue weighted by Crippen LogP contribution is 2.28. The van der Waals surface area contributed by atoms with Gasteiger partial charge < -0.3 is 24.6 Å². The van der Waals surface area contributed by atoms with Crippen molar-refractivity contribution < 1.29 is 19.1 Å². The zero-order chi connectivity index (χ0) is 27.7. The van der Waals surface area contributed by atoms with Crippen LogP contribution in [0.1, 0.15) is 26.4 Å². The molecular formula is C30H37N3O4S. The molecule has 1 heterocycles. The summed E-state index contributed by atoms with van der Waals surface area (Å²) >= 11 is 1.67. The Morgan fingerprint density at radius 2 is 1.74 bits per heavy atom. The Hall–Kier alpha value is -3.78. The van der Waals surface area contributed by atoms with Crippen LogP contribution in [0.15, 0.2) is 61.2 Å². The monoisotopic (exact) mass is 535 g/mol. The Morgan fingerprint density at radius 3 is 2.37 bits per heavy atom. The fraction of sp³-hybridized carbons (Fsp3) is 0.333. The average Bonchev–Trinajstić information content (AvgIpc) is 3.31. The number of carbonyl (C=O) groups excluding carboxylic acids is 2. The largest absolute Gasteiger partial charge is 0.493 e. The molecular weight excluding hydrogens is 498 g/mol. The molecule has 0 saturated carbocycles. The van der Waals surface area contributed by atoms with Crippen molar-refractivity contribution in [2.45, 2.75) is 33.7 Å². The molecule has 3 amide bonds. The minimum Gasteiger partial charge on any atom is -0.493 e. The number of hydrogen-bond acceptors (Lipinski definition) is 5. The summed E-state index contributed by atoms with van der Waals surface area (Å²) in [5.41, 5.74) is 3.83. The molecule has 7 nitrogen and oxygen atoms in total. The first-order valence-corrected chi connectivity index (χ1v) is 13.3. The van der Waals surface area contributed by atoms with Crippen molar-refractivity contribution in [3.05, 3.63) is 87.6 Å². The molecule has 0 spiro atoms. The van der Waals surface area contributed by atoms with E-state index in [1.807, 2.05) is 68.1 Å². The van der Waals surface area contributed by atoms with Crippen molar-refractivity contribution in [3.63, 3.8) is 0 Å². The van der Waals surface area contributed by atoms with Crippen LogP contribution in [0.4, 0.5) is 10.5 Å². The van der Waals surface area contributed by atoms with Crippen LogP contribution in [-0.2, 0) is 17.8 Å². The summed E-state index contributed by atoms with van der Waals surface area (Å²) in [5, 5.41) is 2.95. The molecule has 0 unspecified atom stereocenters. The van der Waals surface area contributed by atoms with Gasteiger partial charge >= 0.3 is 6.03 Å². The van der Waals surface area contributed by atoms with Gasteiger partial charge in [-0.3, -0.25) is 4.79 Å². The third kappa shape index (κ3) is 7.86. The third-order valence-corrected chi connectivity index (χ3v) is 7.19. The smallest absolute Gasteiger partial charge is 0.322 e. The second-order valence-electron chi connectivity index (χ2n) is 9.18. The van der Waals surface area contributed by atoms with Gasteiger partial charge in [-0.1, -0.05) is 29.8 Å². The predicted octanol–water partition coefficient (Wildman–Crippen LogP) is 5.98. The van der Waals surface area contributed by atoms with Gasteiger partial charge in [-0.2, -0.15) is 0 Å². The second-order valence-corrected chi connectivity index (χ2v) is 10.6. The Balaban J connectivity index is 1.76. The molecule has 0 aliphatic rings. The van der Waals surface area contributed by atoms with E-state index >= 15 is 0 Å². The molecule has 8 heteroatoms. The van der Waals surface area contributed by atoms with E-state index in [1.165, 1.54) is 9.78 Å².